The Morgan fingerprint density at radius 3 is 2.17 bits per heavy atom. The summed E-state index contributed by atoms with van der Waals surface area (Å²) in [4.78, 5) is 23.9. The number of unbranched alkanes of at least 4 members (excludes halogenated alkanes) is 1. The maximum absolute atomic E-state index is 12.6. The van der Waals surface area contributed by atoms with Crippen LogP contribution in [-0.4, -0.2) is 31.2 Å². The van der Waals surface area contributed by atoms with Crippen molar-refractivity contribution in [3.8, 4) is 0 Å². The zero-order valence-corrected chi connectivity index (χ0v) is 13.2. The van der Waals surface area contributed by atoms with Crippen LogP contribution in [0.3, 0.4) is 0 Å². The van der Waals surface area contributed by atoms with Crippen LogP contribution < -0.4 is 4.90 Å². The molecule has 0 fully saturated rings. The van der Waals surface area contributed by atoms with Crippen molar-refractivity contribution in [2.75, 3.05) is 18.1 Å². The van der Waals surface area contributed by atoms with E-state index < -0.39 is 18.1 Å². The van der Waals surface area contributed by atoms with E-state index in [4.69, 9.17) is 4.74 Å². The van der Waals surface area contributed by atoms with Crippen molar-refractivity contribution in [1.82, 2.24) is 0 Å². The third kappa shape index (κ3) is 5.58. The second-order valence-electron chi connectivity index (χ2n) is 4.99. The van der Waals surface area contributed by atoms with Crippen molar-refractivity contribution in [2.45, 2.75) is 39.3 Å². The van der Waals surface area contributed by atoms with Gasteiger partial charge in [0.1, 0.15) is 0 Å². The maximum atomic E-state index is 12.6. The summed E-state index contributed by atoms with van der Waals surface area (Å²) in [5.41, 5.74) is 0.333. The summed E-state index contributed by atoms with van der Waals surface area (Å²) in [6.45, 7) is 3.88. The molecule has 1 amide bonds. The van der Waals surface area contributed by atoms with Crippen LogP contribution in [0, 0.1) is 0 Å². The zero-order valence-electron chi connectivity index (χ0n) is 13.2. The zero-order chi connectivity index (χ0) is 17.5. The highest BCUT2D eigenvalue weighted by Crippen LogP contribution is 2.24. The average Bonchev–Trinajstić information content (AvgIpc) is 2.51. The molecule has 0 aliphatic rings. The first-order chi connectivity index (χ1) is 10.8. The van der Waals surface area contributed by atoms with Gasteiger partial charge in [-0.3, -0.25) is 4.79 Å². The normalized spacial score (nSPS) is 11.2. The SMILES string of the molecule is CCCCOC(=O)c1ccc(N(CCC)C(=O)C(F)(F)F)cc1. The van der Waals surface area contributed by atoms with Crippen molar-refractivity contribution in [3.05, 3.63) is 29.8 Å². The Labute approximate surface area is 133 Å². The highest BCUT2D eigenvalue weighted by atomic mass is 19.4. The fourth-order valence-electron chi connectivity index (χ4n) is 1.89. The molecular weight excluding hydrogens is 311 g/mol. The molecular formula is C16H20F3NO3. The molecule has 1 rings (SSSR count). The van der Waals surface area contributed by atoms with Gasteiger partial charge in [0.2, 0.25) is 0 Å². The van der Waals surface area contributed by atoms with Crippen molar-refractivity contribution in [1.29, 1.82) is 0 Å². The van der Waals surface area contributed by atoms with Gasteiger partial charge >= 0.3 is 18.1 Å². The van der Waals surface area contributed by atoms with E-state index >= 15 is 0 Å². The first kappa shape index (κ1) is 19.0. The van der Waals surface area contributed by atoms with E-state index in [9.17, 15) is 22.8 Å². The van der Waals surface area contributed by atoms with E-state index in [-0.39, 0.29) is 17.8 Å². The smallest absolute Gasteiger partial charge is 0.462 e. The summed E-state index contributed by atoms with van der Waals surface area (Å²) in [6, 6.07) is 5.34. The van der Waals surface area contributed by atoms with Crippen LogP contribution in [0.25, 0.3) is 0 Å². The maximum Gasteiger partial charge on any atom is 0.471 e. The van der Waals surface area contributed by atoms with Gasteiger partial charge in [-0.05, 0) is 37.1 Å². The van der Waals surface area contributed by atoms with E-state index in [2.05, 4.69) is 0 Å². The van der Waals surface area contributed by atoms with E-state index in [1.807, 2.05) is 6.92 Å². The molecule has 0 saturated heterocycles. The minimum atomic E-state index is -4.94. The van der Waals surface area contributed by atoms with E-state index in [0.29, 0.717) is 17.9 Å². The molecule has 7 heteroatoms. The number of esters is 1. The van der Waals surface area contributed by atoms with Crippen molar-refractivity contribution >= 4 is 17.6 Å². The monoisotopic (exact) mass is 331 g/mol. The van der Waals surface area contributed by atoms with Gasteiger partial charge in [0.15, 0.2) is 0 Å². The number of alkyl halides is 3. The number of ether oxygens (including phenoxy) is 1. The average molecular weight is 331 g/mol. The highest BCUT2D eigenvalue weighted by Gasteiger charge is 2.42. The number of carbonyl (C=O) groups excluding carboxylic acids is 2. The molecule has 0 N–H and O–H groups in total. The Bertz CT molecular complexity index is 526. The topological polar surface area (TPSA) is 46.6 Å². The van der Waals surface area contributed by atoms with E-state index in [0.717, 1.165) is 12.8 Å². The quantitative estimate of drug-likeness (QED) is 0.561. The summed E-state index contributed by atoms with van der Waals surface area (Å²) in [5.74, 6) is -2.45. The largest absolute Gasteiger partial charge is 0.471 e. The van der Waals surface area contributed by atoms with Crippen molar-refractivity contribution in [3.63, 3.8) is 0 Å². The molecule has 0 aliphatic heterocycles. The lowest BCUT2D eigenvalue weighted by Crippen LogP contribution is -2.41. The summed E-state index contributed by atoms with van der Waals surface area (Å²) >= 11 is 0. The standard InChI is InChI=1S/C16H20F3NO3/c1-3-5-11-23-14(21)12-6-8-13(9-7-12)20(10-4-2)15(22)16(17,18)19/h6-9H,3-5,10-11H2,1-2H3. The molecule has 0 heterocycles. The van der Waals surface area contributed by atoms with Crippen molar-refractivity contribution < 1.29 is 27.5 Å². The van der Waals surface area contributed by atoms with E-state index in [1.54, 1.807) is 6.92 Å². The van der Waals surface area contributed by atoms with Gasteiger partial charge in [-0.2, -0.15) is 13.2 Å². The number of nitrogens with zero attached hydrogens (tertiary/aromatic N) is 1. The highest BCUT2D eigenvalue weighted by molar-refractivity contribution is 5.98. The van der Waals surface area contributed by atoms with Crippen LogP contribution in [0.5, 0.6) is 0 Å². The molecule has 1 aromatic carbocycles. The molecule has 0 aromatic heterocycles. The predicted octanol–water partition coefficient (Wildman–Crippen LogP) is 3.95. The van der Waals surface area contributed by atoms with Crippen LogP contribution in [0.1, 0.15) is 43.5 Å². The second kappa shape index (κ2) is 8.55. The molecule has 0 radical (unpaired) electrons. The van der Waals surface area contributed by atoms with Crippen LogP contribution >= 0.6 is 0 Å². The van der Waals surface area contributed by atoms with Crippen LogP contribution in [0.2, 0.25) is 0 Å². The summed E-state index contributed by atoms with van der Waals surface area (Å²) in [7, 11) is 0. The Kier molecular flexibility index (Phi) is 7.06. The Balaban J connectivity index is 2.87. The number of carbonyl (C=O) groups is 2. The van der Waals surface area contributed by atoms with Crippen molar-refractivity contribution in [2.24, 2.45) is 0 Å². The molecule has 4 nitrogen and oxygen atoms in total. The molecule has 0 spiro atoms. The Morgan fingerprint density at radius 2 is 1.70 bits per heavy atom. The number of rotatable bonds is 7. The predicted molar refractivity (Wildman–Crippen MR) is 80.3 cm³/mol. The minimum Gasteiger partial charge on any atom is -0.462 e. The lowest BCUT2D eigenvalue weighted by molar-refractivity contribution is -0.170. The van der Waals surface area contributed by atoms with E-state index in [1.165, 1.54) is 24.3 Å². The Morgan fingerprint density at radius 1 is 1.09 bits per heavy atom. The number of hydrogen-bond donors (Lipinski definition) is 0. The molecule has 0 bridgehead atoms. The molecule has 0 saturated carbocycles. The molecule has 128 valence electrons. The molecule has 23 heavy (non-hydrogen) atoms. The summed E-state index contributed by atoms with van der Waals surface area (Å²) < 4.78 is 42.9. The van der Waals surface area contributed by atoms with Gasteiger partial charge in [0.05, 0.1) is 12.2 Å². The van der Waals surface area contributed by atoms with Gasteiger partial charge in [-0.1, -0.05) is 20.3 Å². The summed E-state index contributed by atoms with van der Waals surface area (Å²) in [6.07, 6.45) is -2.93. The van der Waals surface area contributed by atoms with Gasteiger partial charge in [0.25, 0.3) is 0 Å². The third-order valence-electron chi connectivity index (χ3n) is 3.08. The van der Waals surface area contributed by atoms with Gasteiger partial charge in [-0.25, -0.2) is 4.79 Å². The minimum absolute atomic E-state index is 0.0569. The molecule has 0 unspecified atom stereocenters. The Hall–Kier alpha value is -2.05. The number of anilines is 1. The molecule has 1 aromatic rings. The number of hydrogen-bond acceptors (Lipinski definition) is 3. The fourth-order valence-corrected chi connectivity index (χ4v) is 1.89. The molecule has 0 atom stereocenters. The van der Waals surface area contributed by atoms with Crippen LogP contribution in [-0.2, 0) is 9.53 Å². The molecule has 0 aliphatic carbocycles. The number of amides is 1. The van der Waals surface area contributed by atoms with Crippen LogP contribution in [0.15, 0.2) is 24.3 Å². The first-order valence-corrected chi connectivity index (χ1v) is 7.47. The van der Waals surface area contributed by atoms with Gasteiger partial charge < -0.3 is 9.64 Å². The second-order valence-corrected chi connectivity index (χ2v) is 4.99. The van der Waals surface area contributed by atoms with Crippen LogP contribution in [0.4, 0.5) is 18.9 Å². The lowest BCUT2D eigenvalue weighted by Gasteiger charge is -2.23. The van der Waals surface area contributed by atoms with Gasteiger partial charge in [-0.15, -0.1) is 0 Å². The fraction of sp³-hybridized carbons (Fsp3) is 0.500. The van der Waals surface area contributed by atoms with Gasteiger partial charge in [0, 0.05) is 12.2 Å². The third-order valence-corrected chi connectivity index (χ3v) is 3.08. The number of halogens is 3. The number of benzene rings is 1. The first-order valence-electron chi connectivity index (χ1n) is 7.47. The lowest BCUT2D eigenvalue weighted by atomic mass is 10.2. The summed E-state index contributed by atoms with van der Waals surface area (Å²) in [5, 5.41) is 0.